The molecule has 5 nitrogen and oxygen atoms in total. The van der Waals surface area contributed by atoms with Gasteiger partial charge in [0, 0.05) is 36.5 Å². The zero-order valence-corrected chi connectivity index (χ0v) is 10.1. The molecular formula is C13H14N2O3. The molecule has 0 spiro atoms. The van der Waals surface area contributed by atoms with Crippen LogP contribution in [0.25, 0.3) is 0 Å². The molecule has 1 heterocycles. The van der Waals surface area contributed by atoms with Gasteiger partial charge in [-0.15, -0.1) is 0 Å². The number of anilines is 1. The zero-order chi connectivity index (χ0) is 13.1. The van der Waals surface area contributed by atoms with Gasteiger partial charge in [0.15, 0.2) is 5.78 Å². The third-order valence-corrected chi connectivity index (χ3v) is 2.97. The largest absolute Gasteiger partial charge is 0.367 e. The third kappa shape index (κ3) is 2.40. The van der Waals surface area contributed by atoms with E-state index in [0.29, 0.717) is 5.56 Å². The van der Waals surface area contributed by atoms with Gasteiger partial charge >= 0.3 is 0 Å². The summed E-state index contributed by atoms with van der Waals surface area (Å²) >= 11 is 0. The fourth-order valence-corrected chi connectivity index (χ4v) is 2.06. The van der Waals surface area contributed by atoms with Crippen molar-refractivity contribution in [2.75, 3.05) is 18.0 Å². The Morgan fingerprint density at radius 2 is 2.17 bits per heavy atom. The van der Waals surface area contributed by atoms with E-state index in [1.54, 1.807) is 6.07 Å². The molecule has 0 aliphatic carbocycles. The average molecular weight is 246 g/mol. The molecule has 2 rings (SSSR count). The SMILES string of the molecule is CC(=O)c1cc([N+](=O)[O-])ccc1N1CC=CCC1. The summed E-state index contributed by atoms with van der Waals surface area (Å²) in [7, 11) is 0. The van der Waals surface area contributed by atoms with Crippen LogP contribution in [0.2, 0.25) is 0 Å². The molecule has 0 aromatic heterocycles. The van der Waals surface area contributed by atoms with Crippen LogP contribution in [0.4, 0.5) is 11.4 Å². The van der Waals surface area contributed by atoms with Crippen molar-refractivity contribution in [3.8, 4) is 0 Å². The number of nitro groups is 1. The van der Waals surface area contributed by atoms with Crippen molar-refractivity contribution >= 4 is 17.2 Å². The number of rotatable bonds is 3. The number of nitro benzene ring substituents is 1. The molecule has 0 saturated heterocycles. The van der Waals surface area contributed by atoms with E-state index in [0.717, 1.165) is 25.2 Å². The highest BCUT2D eigenvalue weighted by Crippen LogP contribution is 2.27. The van der Waals surface area contributed by atoms with Gasteiger partial charge in [-0.2, -0.15) is 0 Å². The molecule has 1 aromatic carbocycles. The van der Waals surface area contributed by atoms with Crippen LogP contribution in [0.5, 0.6) is 0 Å². The first kappa shape index (κ1) is 12.3. The lowest BCUT2D eigenvalue weighted by molar-refractivity contribution is -0.384. The smallest absolute Gasteiger partial charge is 0.270 e. The minimum atomic E-state index is -0.480. The van der Waals surface area contributed by atoms with Crippen molar-refractivity contribution in [2.45, 2.75) is 13.3 Å². The summed E-state index contributed by atoms with van der Waals surface area (Å²) in [6, 6.07) is 4.46. The predicted octanol–water partition coefficient (Wildman–Crippen LogP) is 2.56. The standard InChI is InChI=1S/C13H14N2O3/c1-10(16)12-9-11(15(17)18)5-6-13(12)14-7-3-2-4-8-14/h2-3,5-6,9H,4,7-8H2,1H3. The Bertz CT molecular complexity index is 523. The van der Waals surface area contributed by atoms with Crippen molar-refractivity contribution in [1.82, 2.24) is 0 Å². The number of carbonyl (C=O) groups is 1. The molecule has 0 amide bonds. The second-order valence-corrected chi connectivity index (χ2v) is 4.22. The van der Waals surface area contributed by atoms with Gasteiger partial charge in [0.25, 0.3) is 5.69 Å². The number of hydrogen-bond acceptors (Lipinski definition) is 4. The molecule has 5 heteroatoms. The number of hydrogen-bond donors (Lipinski definition) is 0. The number of benzene rings is 1. The second kappa shape index (κ2) is 5.00. The van der Waals surface area contributed by atoms with Gasteiger partial charge in [-0.1, -0.05) is 12.2 Å². The van der Waals surface area contributed by atoms with E-state index in [2.05, 4.69) is 11.0 Å². The first-order valence-electron chi connectivity index (χ1n) is 5.79. The Hall–Kier alpha value is -2.17. The summed E-state index contributed by atoms with van der Waals surface area (Å²) < 4.78 is 0. The summed E-state index contributed by atoms with van der Waals surface area (Å²) in [4.78, 5) is 23.9. The fraction of sp³-hybridized carbons (Fsp3) is 0.308. The minimum Gasteiger partial charge on any atom is -0.367 e. The Kier molecular flexibility index (Phi) is 3.41. The van der Waals surface area contributed by atoms with E-state index in [4.69, 9.17) is 0 Å². The molecule has 0 bridgehead atoms. The zero-order valence-electron chi connectivity index (χ0n) is 10.1. The third-order valence-electron chi connectivity index (χ3n) is 2.97. The number of Topliss-reactive ketones (excluding diaryl/α,β-unsaturated/α-hetero) is 1. The second-order valence-electron chi connectivity index (χ2n) is 4.22. The van der Waals surface area contributed by atoms with Crippen LogP contribution in [0.3, 0.4) is 0 Å². The molecule has 0 N–H and O–H groups in total. The molecule has 0 atom stereocenters. The van der Waals surface area contributed by atoms with E-state index < -0.39 is 4.92 Å². The topological polar surface area (TPSA) is 63.4 Å². The van der Waals surface area contributed by atoms with Gasteiger partial charge in [0.1, 0.15) is 0 Å². The molecule has 94 valence electrons. The molecule has 18 heavy (non-hydrogen) atoms. The van der Waals surface area contributed by atoms with Crippen LogP contribution in [0, 0.1) is 10.1 Å². The summed E-state index contributed by atoms with van der Waals surface area (Å²) in [6.07, 6.45) is 5.05. The quantitative estimate of drug-likeness (QED) is 0.356. The Labute approximate surface area is 105 Å². The molecule has 1 aromatic rings. The number of ketones is 1. The minimum absolute atomic E-state index is 0.0449. The van der Waals surface area contributed by atoms with Crippen molar-refractivity contribution in [1.29, 1.82) is 0 Å². The summed E-state index contributed by atoms with van der Waals surface area (Å²) in [5.74, 6) is -0.150. The van der Waals surface area contributed by atoms with Crippen LogP contribution in [-0.4, -0.2) is 23.8 Å². The van der Waals surface area contributed by atoms with Crippen LogP contribution >= 0.6 is 0 Å². The predicted molar refractivity (Wildman–Crippen MR) is 69.1 cm³/mol. The van der Waals surface area contributed by atoms with Crippen LogP contribution in [-0.2, 0) is 0 Å². The molecule has 0 unspecified atom stereocenters. The van der Waals surface area contributed by atoms with Gasteiger partial charge in [0.2, 0.25) is 0 Å². The van der Waals surface area contributed by atoms with Crippen molar-refractivity contribution in [2.24, 2.45) is 0 Å². The fourth-order valence-electron chi connectivity index (χ4n) is 2.06. The lowest BCUT2D eigenvalue weighted by atomic mass is 10.1. The van der Waals surface area contributed by atoms with Gasteiger partial charge in [0.05, 0.1) is 4.92 Å². The number of carbonyl (C=O) groups excluding carboxylic acids is 1. The van der Waals surface area contributed by atoms with E-state index >= 15 is 0 Å². The highest BCUT2D eigenvalue weighted by molar-refractivity contribution is 6.00. The van der Waals surface area contributed by atoms with E-state index in [-0.39, 0.29) is 11.5 Å². The highest BCUT2D eigenvalue weighted by Gasteiger charge is 2.18. The summed E-state index contributed by atoms with van der Waals surface area (Å²) in [6.45, 7) is 3.00. The first-order valence-corrected chi connectivity index (χ1v) is 5.79. The Morgan fingerprint density at radius 3 is 2.72 bits per heavy atom. The van der Waals surface area contributed by atoms with Crippen molar-refractivity contribution < 1.29 is 9.72 Å². The van der Waals surface area contributed by atoms with Gasteiger partial charge in [-0.3, -0.25) is 14.9 Å². The molecule has 0 radical (unpaired) electrons. The van der Waals surface area contributed by atoms with Gasteiger partial charge in [-0.25, -0.2) is 0 Å². The van der Waals surface area contributed by atoms with Crippen LogP contribution < -0.4 is 4.90 Å². The van der Waals surface area contributed by atoms with Gasteiger partial charge < -0.3 is 4.90 Å². The first-order chi connectivity index (χ1) is 8.59. The number of nitrogens with zero attached hydrogens (tertiary/aromatic N) is 2. The summed E-state index contributed by atoms with van der Waals surface area (Å²) in [5.41, 5.74) is 1.15. The Balaban J connectivity index is 2.43. The lowest BCUT2D eigenvalue weighted by Gasteiger charge is -2.27. The molecule has 1 aliphatic rings. The van der Waals surface area contributed by atoms with E-state index in [1.807, 2.05) is 6.08 Å². The Morgan fingerprint density at radius 1 is 1.39 bits per heavy atom. The maximum absolute atomic E-state index is 11.6. The maximum atomic E-state index is 11.6. The maximum Gasteiger partial charge on any atom is 0.270 e. The van der Waals surface area contributed by atoms with Crippen LogP contribution in [0.1, 0.15) is 23.7 Å². The summed E-state index contributed by atoms with van der Waals surface area (Å²) in [5, 5.41) is 10.7. The molecule has 0 fully saturated rings. The molecular weight excluding hydrogens is 232 g/mol. The number of non-ortho nitro benzene ring substituents is 1. The van der Waals surface area contributed by atoms with Crippen molar-refractivity contribution in [3.63, 3.8) is 0 Å². The van der Waals surface area contributed by atoms with Crippen LogP contribution in [0.15, 0.2) is 30.4 Å². The van der Waals surface area contributed by atoms with Gasteiger partial charge in [-0.05, 0) is 19.4 Å². The molecule has 0 saturated carbocycles. The van der Waals surface area contributed by atoms with E-state index in [9.17, 15) is 14.9 Å². The molecule has 1 aliphatic heterocycles. The van der Waals surface area contributed by atoms with E-state index in [1.165, 1.54) is 19.1 Å². The lowest BCUT2D eigenvalue weighted by Crippen LogP contribution is -2.28. The van der Waals surface area contributed by atoms with Crippen molar-refractivity contribution in [3.05, 3.63) is 46.0 Å². The normalized spacial score (nSPS) is 14.6. The highest BCUT2D eigenvalue weighted by atomic mass is 16.6. The monoisotopic (exact) mass is 246 g/mol. The average Bonchev–Trinajstić information content (AvgIpc) is 2.39.